The molecule has 0 radical (unpaired) electrons. The van der Waals surface area contributed by atoms with Crippen LogP contribution >= 0.6 is 0 Å². The molecule has 0 heterocycles. The van der Waals surface area contributed by atoms with Crippen LogP contribution in [0, 0.1) is 16.7 Å². The Morgan fingerprint density at radius 1 is 1.00 bits per heavy atom. The van der Waals surface area contributed by atoms with Gasteiger partial charge in [0.05, 0.1) is 6.07 Å². The summed E-state index contributed by atoms with van der Waals surface area (Å²) in [6.45, 7) is 2.25. The zero-order chi connectivity index (χ0) is 15.7. The third-order valence-corrected chi connectivity index (χ3v) is 4.63. The van der Waals surface area contributed by atoms with Gasteiger partial charge in [-0.3, -0.25) is 0 Å². The molecule has 1 aliphatic carbocycles. The van der Waals surface area contributed by atoms with Gasteiger partial charge in [0.25, 0.3) is 0 Å². The lowest BCUT2D eigenvalue weighted by Crippen LogP contribution is -2.18. The second-order valence-electron chi connectivity index (χ2n) is 6.36. The zero-order valence-corrected chi connectivity index (χ0v) is 13.7. The Bertz CT molecular complexity index is 519. The normalized spacial score (nSPS) is 23.4. The Labute approximate surface area is 135 Å². The number of rotatable bonds is 8. The van der Waals surface area contributed by atoms with Gasteiger partial charge in [-0.15, -0.1) is 0 Å². The lowest BCUT2D eigenvalue weighted by atomic mass is 9.73. The van der Waals surface area contributed by atoms with Crippen LogP contribution in [0.2, 0.25) is 0 Å². The van der Waals surface area contributed by atoms with Crippen LogP contribution in [0.3, 0.4) is 0 Å². The van der Waals surface area contributed by atoms with E-state index in [4.69, 9.17) is 5.26 Å². The van der Waals surface area contributed by atoms with Crippen molar-refractivity contribution in [2.45, 2.75) is 57.8 Å². The van der Waals surface area contributed by atoms with Crippen LogP contribution in [-0.4, -0.2) is 0 Å². The van der Waals surface area contributed by atoms with E-state index >= 15 is 0 Å². The van der Waals surface area contributed by atoms with Crippen molar-refractivity contribution in [3.05, 3.63) is 60.2 Å². The van der Waals surface area contributed by atoms with Crippen LogP contribution in [0.15, 0.2) is 54.6 Å². The molecule has 0 N–H and O–H groups in total. The summed E-state index contributed by atoms with van der Waals surface area (Å²) in [7, 11) is 0. The fourth-order valence-electron chi connectivity index (χ4n) is 3.27. The first-order valence-corrected chi connectivity index (χ1v) is 8.60. The average Bonchev–Trinajstić information content (AvgIpc) is 2.57. The van der Waals surface area contributed by atoms with Crippen molar-refractivity contribution in [3.8, 4) is 6.07 Å². The number of allylic oxidation sites excluding steroid dienone is 4. The van der Waals surface area contributed by atoms with Gasteiger partial charge in [0.1, 0.15) is 0 Å². The first kappa shape index (κ1) is 16.6. The van der Waals surface area contributed by atoms with E-state index in [1.165, 1.54) is 31.2 Å². The second kappa shape index (κ2) is 8.59. The highest BCUT2D eigenvalue weighted by Crippen LogP contribution is 2.39. The summed E-state index contributed by atoms with van der Waals surface area (Å²) >= 11 is 0. The standard InChI is InChI=1S/C21H27N/c1-2-3-7-14-21(15-8-9-18-22)16-12-20(13-17-21)19-10-5-4-6-11-19/h4-6,10-13,16-17,20H,2-3,7-9,14-15H2,1H3. The van der Waals surface area contributed by atoms with E-state index in [0.29, 0.717) is 12.3 Å². The number of nitriles is 1. The topological polar surface area (TPSA) is 23.8 Å². The van der Waals surface area contributed by atoms with Gasteiger partial charge in [0.2, 0.25) is 0 Å². The predicted molar refractivity (Wildman–Crippen MR) is 93.5 cm³/mol. The second-order valence-corrected chi connectivity index (χ2v) is 6.36. The molecule has 1 heteroatoms. The Morgan fingerprint density at radius 2 is 1.68 bits per heavy atom. The average molecular weight is 293 g/mol. The molecule has 0 bridgehead atoms. The summed E-state index contributed by atoms with van der Waals surface area (Å²) in [6, 6.07) is 12.9. The molecule has 0 atom stereocenters. The molecule has 0 aliphatic heterocycles. The van der Waals surface area contributed by atoms with Gasteiger partial charge in [-0.1, -0.05) is 80.8 Å². The Kier molecular flexibility index (Phi) is 6.46. The summed E-state index contributed by atoms with van der Waals surface area (Å²) in [4.78, 5) is 0. The number of unbranched alkanes of at least 4 members (excludes halogenated alkanes) is 3. The number of hydrogen-bond acceptors (Lipinski definition) is 1. The number of benzene rings is 1. The molecule has 0 aromatic heterocycles. The third kappa shape index (κ3) is 4.60. The molecule has 1 aromatic carbocycles. The first-order valence-electron chi connectivity index (χ1n) is 8.60. The van der Waals surface area contributed by atoms with Gasteiger partial charge in [-0.05, 0) is 24.8 Å². The molecular weight excluding hydrogens is 266 g/mol. The summed E-state index contributed by atoms with van der Waals surface area (Å²) in [5.41, 5.74) is 1.53. The van der Waals surface area contributed by atoms with E-state index < -0.39 is 0 Å². The maximum Gasteiger partial charge on any atom is 0.0621 e. The van der Waals surface area contributed by atoms with Gasteiger partial charge in [-0.25, -0.2) is 0 Å². The van der Waals surface area contributed by atoms with Gasteiger partial charge >= 0.3 is 0 Å². The fraction of sp³-hybridized carbons (Fsp3) is 0.476. The molecule has 1 aliphatic rings. The van der Waals surface area contributed by atoms with Crippen molar-refractivity contribution in [1.29, 1.82) is 5.26 Å². The van der Waals surface area contributed by atoms with E-state index in [9.17, 15) is 0 Å². The minimum atomic E-state index is 0.178. The number of nitrogens with zero attached hydrogens (tertiary/aromatic N) is 1. The minimum absolute atomic E-state index is 0.178. The largest absolute Gasteiger partial charge is 0.198 e. The van der Waals surface area contributed by atoms with Gasteiger partial charge in [0.15, 0.2) is 0 Å². The summed E-state index contributed by atoms with van der Waals surface area (Å²) in [5, 5.41) is 8.80. The summed E-state index contributed by atoms with van der Waals surface area (Å²) in [5.74, 6) is 0.400. The predicted octanol–water partition coefficient (Wildman–Crippen LogP) is 6.16. The van der Waals surface area contributed by atoms with E-state index in [2.05, 4.69) is 67.6 Å². The number of hydrogen-bond donors (Lipinski definition) is 0. The molecule has 22 heavy (non-hydrogen) atoms. The molecule has 0 unspecified atom stereocenters. The van der Waals surface area contributed by atoms with Gasteiger partial charge in [0, 0.05) is 17.8 Å². The van der Waals surface area contributed by atoms with Crippen LogP contribution < -0.4 is 0 Å². The molecular formula is C21H27N. The van der Waals surface area contributed by atoms with Crippen molar-refractivity contribution >= 4 is 0 Å². The van der Waals surface area contributed by atoms with Gasteiger partial charge in [-0.2, -0.15) is 5.26 Å². The van der Waals surface area contributed by atoms with Crippen LogP contribution in [-0.2, 0) is 0 Å². The highest BCUT2D eigenvalue weighted by molar-refractivity contribution is 5.34. The Balaban J connectivity index is 2.05. The van der Waals surface area contributed by atoms with Gasteiger partial charge < -0.3 is 0 Å². The molecule has 0 fully saturated rings. The monoisotopic (exact) mass is 293 g/mol. The molecule has 0 saturated carbocycles. The highest BCUT2D eigenvalue weighted by Gasteiger charge is 2.26. The molecule has 116 valence electrons. The fourth-order valence-corrected chi connectivity index (χ4v) is 3.27. The lowest BCUT2D eigenvalue weighted by molar-refractivity contribution is 0.379. The van der Waals surface area contributed by atoms with Crippen LogP contribution in [0.4, 0.5) is 0 Å². The van der Waals surface area contributed by atoms with Crippen molar-refractivity contribution in [3.63, 3.8) is 0 Å². The Hall–Kier alpha value is -1.81. The van der Waals surface area contributed by atoms with Crippen molar-refractivity contribution in [2.24, 2.45) is 5.41 Å². The van der Waals surface area contributed by atoms with E-state index in [1.807, 2.05) is 0 Å². The quantitative estimate of drug-likeness (QED) is 0.416. The SMILES string of the molecule is CCCCCC1(CCCC#N)C=CC(c2ccccc2)C=C1. The zero-order valence-electron chi connectivity index (χ0n) is 13.7. The van der Waals surface area contributed by atoms with Crippen molar-refractivity contribution in [2.75, 3.05) is 0 Å². The molecule has 1 nitrogen and oxygen atoms in total. The molecule has 2 rings (SSSR count). The van der Waals surface area contributed by atoms with E-state index in [1.54, 1.807) is 0 Å². The maximum absolute atomic E-state index is 8.80. The Morgan fingerprint density at radius 3 is 2.32 bits per heavy atom. The maximum atomic E-state index is 8.80. The van der Waals surface area contributed by atoms with Crippen LogP contribution in [0.1, 0.15) is 63.4 Å². The van der Waals surface area contributed by atoms with Crippen LogP contribution in [0.5, 0.6) is 0 Å². The first-order chi connectivity index (χ1) is 10.8. The molecule has 0 amide bonds. The molecule has 0 spiro atoms. The molecule has 0 saturated heterocycles. The third-order valence-electron chi connectivity index (χ3n) is 4.63. The lowest BCUT2D eigenvalue weighted by Gasteiger charge is -2.31. The summed E-state index contributed by atoms with van der Waals surface area (Å²) < 4.78 is 0. The van der Waals surface area contributed by atoms with Crippen LogP contribution in [0.25, 0.3) is 0 Å². The minimum Gasteiger partial charge on any atom is -0.198 e. The van der Waals surface area contributed by atoms with Crippen molar-refractivity contribution < 1.29 is 0 Å². The van der Waals surface area contributed by atoms with Crippen molar-refractivity contribution in [1.82, 2.24) is 0 Å². The van der Waals surface area contributed by atoms with E-state index in [0.717, 1.165) is 12.8 Å². The molecule has 1 aromatic rings. The van der Waals surface area contributed by atoms with E-state index in [-0.39, 0.29) is 5.41 Å². The highest BCUT2D eigenvalue weighted by atomic mass is 14.3. The summed E-state index contributed by atoms with van der Waals surface area (Å²) in [6.07, 6.45) is 17.3. The smallest absolute Gasteiger partial charge is 0.0621 e.